The van der Waals surface area contributed by atoms with Crippen molar-refractivity contribution in [2.24, 2.45) is 0 Å². The number of anilines is 1. The van der Waals surface area contributed by atoms with Crippen molar-refractivity contribution in [3.05, 3.63) is 58.0 Å². The van der Waals surface area contributed by atoms with Crippen LogP contribution in [0.5, 0.6) is 11.5 Å². The zero-order valence-electron chi connectivity index (χ0n) is 20.2. The molecule has 4 rings (SSSR count). The van der Waals surface area contributed by atoms with Crippen LogP contribution in [0.3, 0.4) is 0 Å². The van der Waals surface area contributed by atoms with Crippen LogP contribution in [-0.2, 0) is 14.4 Å². The van der Waals surface area contributed by atoms with Crippen LogP contribution in [0.4, 0.5) is 10.5 Å². The summed E-state index contributed by atoms with van der Waals surface area (Å²) in [6, 6.07) is 11.6. The summed E-state index contributed by atoms with van der Waals surface area (Å²) in [4.78, 5) is 53.0. The number of hydrogen-bond acceptors (Lipinski definition) is 7. The van der Waals surface area contributed by atoms with Crippen molar-refractivity contribution in [3.8, 4) is 11.5 Å². The fourth-order valence-electron chi connectivity index (χ4n) is 3.93. The molecule has 2 saturated heterocycles. The summed E-state index contributed by atoms with van der Waals surface area (Å²) in [6.07, 6.45) is 4.51. The minimum Gasteiger partial charge on any atom is -0.493 e. The molecular formula is C26H26ClN3O6S. The van der Waals surface area contributed by atoms with E-state index in [1.54, 1.807) is 53.4 Å². The summed E-state index contributed by atoms with van der Waals surface area (Å²) in [6.45, 7) is 0.808. The average Bonchev–Trinajstić information content (AvgIpc) is 3.16. The van der Waals surface area contributed by atoms with Gasteiger partial charge in [0, 0.05) is 23.8 Å². The van der Waals surface area contributed by atoms with Crippen molar-refractivity contribution in [2.75, 3.05) is 38.7 Å². The van der Waals surface area contributed by atoms with E-state index >= 15 is 0 Å². The van der Waals surface area contributed by atoms with Gasteiger partial charge in [0.1, 0.15) is 6.54 Å². The van der Waals surface area contributed by atoms with Crippen LogP contribution in [0.2, 0.25) is 5.02 Å². The Labute approximate surface area is 223 Å². The quantitative estimate of drug-likeness (QED) is 0.491. The SMILES string of the molecule is COc1cc(/C=C2\SC(=O)N(CC(=O)N3CCCCC3)C2=O)ccc1OCC(=O)Nc1ccc(Cl)cc1. The molecular weight excluding hydrogens is 518 g/mol. The second-order valence-electron chi connectivity index (χ2n) is 8.46. The molecule has 194 valence electrons. The van der Waals surface area contributed by atoms with Gasteiger partial charge >= 0.3 is 0 Å². The van der Waals surface area contributed by atoms with Gasteiger partial charge in [0.05, 0.1) is 12.0 Å². The Morgan fingerprint density at radius 1 is 1.05 bits per heavy atom. The minimum atomic E-state index is -0.501. The number of halogens is 1. The number of rotatable bonds is 8. The summed E-state index contributed by atoms with van der Waals surface area (Å²) >= 11 is 6.64. The van der Waals surface area contributed by atoms with Gasteiger partial charge < -0.3 is 19.7 Å². The third-order valence-electron chi connectivity index (χ3n) is 5.85. The summed E-state index contributed by atoms with van der Waals surface area (Å²) in [7, 11) is 1.46. The highest BCUT2D eigenvalue weighted by Crippen LogP contribution is 2.34. The van der Waals surface area contributed by atoms with Crippen LogP contribution in [0, 0.1) is 0 Å². The Morgan fingerprint density at radius 3 is 2.49 bits per heavy atom. The minimum absolute atomic E-state index is 0.216. The fraction of sp³-hybridized carbons (Fsp3) is 0.308. The maximum atomic E-state index is 12.8. The zero-order chi connectivity index (χ0) is 26.4. The number of imide groups is 1. The van der Waals surface area contributed by atoms with Crippen LogP contribution in [-0.4, -0.2) is 66.1 Å². The number of piperidine rings is 1. The Hall–Kier alpha value is -3.50. The van der Waals surface area contributed by atoms with E-state index in [0.29, 0.717) is 40.9 Å². The van der Waals surface area contributed by atoms with E-state index < -0.39 is 11.1 Å². The first-order valence-electron chi connectivity index (χ1n) is 11.7. The maximum absolute atomic E-state index is 12.8. The van der Waals surface area contributed by atoms with Gasteiger partial charge in [-0.1, -0.05) is 17.7 Å². The predicted octanol–water partition coefficient (Wildman–Crippen LogP) is 4.41. The molecule has 0 spiro atoms. The van der Waals surface area contributed by atoms with Crippen LogP contribution in [0.15, 0.2) is 47.4 Å². The Balaban J connectivity index is 1.38. The van der Waals surface area contributed by atoms with Crippen molar-refractivity contribution in [3.63, 3.8) is 0 Å². The molecule has 4 amide bonds. The molecule has 2 aliphatic rings. The number of hydrogen-bond donors (Lipinski definition) is 1. The molecule has 0 saturated carbocycles. The zero-order valence-corrected chi connectivity index (χ0v) is 21.8. The molecule has 0 atom stereocenters. The first-order valence-corrected chi connectivity index (χ1v) is 12.9. The van der Waals surface area contributed by atoms with Gasteiger partial charge in [0.25, 0.3) is 17.1 Å². The molecule has 2 aromatic rings. The monoisotopic (exact) mass is 543 g/mol. The third kappa shape index (κ3) is 6.84. The van der Waals surface area contributed by atoms with Gasteiger partial charge in [-0.2, -0.15) is 0 Å². The number of carbonyl (C=O) groups excluding carboxylic acids is 4. The smallest absolute Gasteiger partial charge is 0.294 e. The van der Waals surface area contributed by atoms with Crippen molar-refractivity contribution >= 4 is 58.1 Å². The summed E-state index contributed by atoms with van der Waals surface area (Å²) < 4.78 is 11.0. The normalized spacial score (nSPS) is 16.8. The molecule has 2 aromatic carbocycles. The number of methoxy groups -OCH3 is 1. The summed E-state index contributed by atoms with van der Waals surface area (Å²) in [5.74, 6) is -0.384. The predicted molar refractivity (Wildman–Crippen MR) is 142 cm³/mol. The van der Waals surface area contributed by atoms with E-state index in [-0.39, 0.29) is 29.9 Å². The van der Waals surface area contributed by atoms with E-state index in [1.807, 2.05) is 0 Å². The number of thioether (sulfide) groups is 1. The van der Waals surface area contributed by atoms with Crippen LogP contribution in [0.25, 0.3) is 6.08 Å². The van der Waals surface area contributed by atoms with Crippen LogP contribution in [0.1, 0.15) is 24.8 Å². The van der Waals surface area contributed by atoms with Crippen LogP contribution >= 0.6 is 23.4 Å². The lowest BCUT2D eigenvalue weighted by molar-refractivity contribution is -0.136. The van der Waals surface area contributed by atoms with Gasteiger partial charge in [0.15, 0.2) is 18.1 Å². The highest BCUT2D eigenvalue weighted by molar-refractivity contribution is 8.18. The molecule has 2 heterocycles. The maximum Gasteiger partial charge on any atom is 0.294 e. The van der Waals surface area contributed by atoms with Crippen molar-refractivity contribution in [2.45, 2.75) is 19.3 Å². The highest BCUT2D eigenvalue weighted by atomic mass is 35.5. The first kappa shape index (κ1) is 26.6. The Bertz CT molecular complexity index is 1230. The lowest BCUT2D eigenvalue weighted by Gasteiger charge is -2.27. The molecule has 0 unspecified atom stereocenters. The Kier molecular flexibility index (Phi) is 8.73. The van der Waals surface area contributed by atoms with E-state index in [4.69, 9.17) is 21.1 Å². The molecule has 0 aliphatic carbocycles. The van der Waals surface area contributed by atoms with Crippen molar-refractivity contribution in [1.29, 1.82) is 0 Å². The van der Waals surface area contributed by atoms with Gasteiger partial charge in [-0.05, 0) is 79.1 Å². The number of carbonyl (C=O) groups is 4. The number of nitrogens with one attached hydrogen (secondary N) is 1. The summed E-state index contributed by atoms with van der Waals surface area (Å²) in [5.41, 5.74) is 1.19. The molecule has 9 nitrogen and oxygen atoms in total. The number of benzene rings is 2. The molecule has 0 aromatic heterocycles. The fourth-order valence-corrected chi connectivity index (χ4v) is 4.90. The average molecular weight is 544 g/mol. The largest absolute Gasteiger partial charge is 0.493 e. The molecule has 1 N–H and O–H groups in total. The molecule has 37 heavy (non-hydrogen) atoms. The number of ether oxygens (including phenoxy) is 2. The number of nitrogens with zero attached hydrogens (tertiary/aromatic N) is 2. The molecule has 0 radical (unpaired) electrons. The van der Waals surface area contributed by atoms with Crippen molar-refractivity contribution < 1.29 is 28.7 Å². The molecule has 11 heteroatoms. The second-order valence-corrected chi connectivity index (χ2v) is 9.89. The highest BCUT2D eigenvalue weighted by Gasteiger charge is 2.37. The van der Waals surface area contributed by atoms with Gasteiger partial charge in [-0.3, -0.25) is 24.1 Å². The molecule has 0 bridgehead atoms. The van der Waals surface area contributed by atoms with Gasteiger partial charge in [-0.15, -0.1) is 0 Å². The number of amides is 4. The van der Waals surface area contributed by atoms with Gasteiger partial charge in [-0.25, -0.2) is 0 Å². The number of likely N-dealkylation sites (tertiary alicyclic amines) is 1. The van der Waals surface area contributed by atoms with E-state index in [1.165, 1.54) is 7.11 Å². The summed E-state index contributed by atoms with van der Waals surface area (Å²) in [5, 5.41) is 2.80. The van der Waals surface area contributed by atoms with E-state index in [9.17, 15) is 19.2 Å². The molecule has 2 aliphatic heterocycles. The van der Waals surface area contributed by atoms with E-state index in [0.717, 1.165) is 35.9 Å². The second kappa shape index (κ2) is 12.2. The van der Waals surface area contributed by atoms with E-state index in [2.05, 4.69) is 5.32 Å². The standard InChI is InChI=1S/C26H26ClN3O6S/c1-35-21-13-17(5-10-20(21)36-16-23(31)28-19-8-6-18(27)7-9-19)14-22-25(33)30(26(34)37-22)15-24(32)29-11-3-2-4-12-29/h5-10,13-14H,2-4,11-12,15-16H2,1H3,(H,28,31)/b22-14-. The van der Waals surface area contributed by atoms with Crippen LogP contribution < -0.4 is 14.8 Å². The lowest BCUT2D eigenvalue weighted by atomic mass is 10.1. The van der Waals surface area contributed by atoms with Gasteiger partial charge in [0.2, 0.25) is 5.91 Å². The Morgan fingerprint density at radius 2 is 1.78 bits per heavy atom. The lowest BCUT2D eigenvalue weighted by Crippen LogP contribution is -2.44. The van der Waals surface area contributed by atoms with Crippen molar-refractivity contribution in [1.82, 2.24) is 9.80 Å². The molecule has 2 fully saturated rings. The third-order valence-corrected chi connectivity index (χ3v) is 7.01. The topological polar surface area (TPSA) is 105 Å². The first-order chi connectivity index (χ1) is 17.8.